The molecule has 7 nitrogen and oxygen atoms in total. The molecule has 2 saturated heterocycles. The summed E-state index contributed by atoms with van der Waals surface area (Å²) in [7, 11) is 4.19. The molecule has 0 N–H and O–H groups in total. The number of amides is 1. The Kier molecular flexibility index (Phi) is 8.02. The van der Waals surface area contributed by atoms with Gasteiger partial charge in [-0.15, -0.1) is 0 Å². The number of rotatable bonds is 8. The van der Waals surface area contributed by atoms with Gasteiger partial charge in [-0.25, -0.2) is 4.39 Å². The van der Waals surface area contributed by atoms with Gasteiger partial charge in [-0.3, -0.25) is 9.69 Å². The van der Waals surface area contributed by atoms with E-state index in [1.807, 2.05) is 4.90 Å². The van der Waals surface area contributed by atoms with Gasteiger partial charge in [0.1, 0.15) is 23.8 Å². The number of carbonyl (C=O) groups is 1. The van der Waals surface area contributed by atoms with E-state index in [1.54, 1.807) is 12.1 Å². The van der Waals surface area contributed by atoms with Crippen LogP contribution in [0, 0.1) is 5.82 Å². The highest BCUT2D eigenvalue weighted by molar-refractivity contribution is 5.86. The van der Waals surface area contributed by atoms with Gasteiger partial charge in [0.05, 0.1) is 18.5 Å². The number of aromatic nitrogens is 1. The van der Waals surface area contributed by atoms with Gasteiger partial charge in [0.2, 0.25) is 5.91 Å². The highest BCUT2D eigenvalue weighted by Crippen LogP contribution is 2.30. The predicted molar refractivity (Wildman–Crippen MR) is 147 cm³/mol. The number of para-hydroxylation sites is 1. The van der Waals surface area contributed by atoms with E-state index in [2.05, 4.69) is 59.8 Å². The number of nitrogens with zero attached hydrogens (tertiary/aromatic N) is 4. The van der Waals surface area contributed by atoms with Gasteiger partial charge >= 0.3 is 0 Å². The Hall–Kier alpha value is -2.94. The van der Waals surface area contributed by atoms with Crippen LogP contribution in [0.2, 0.25) is 0 Å². The molecule has 1 aromatic heterocycles. The summed E-state index contributed by atoms with van der Waals surface area (Å²) in [4.78, 5) is 20.0. The summed E-state index contributed by atoms with van der Waals surface area (Å²) in [5.74, 6) is 0.360. The number of fused-ring (bicyclic) bond motifs is 1. The molecule has 0 bridgehead atoms. The molecule has 0 spiro atoms. The lowest BCUT2D eigenvalue weighted by molar-refractivity contribution is -0.157. The predicted octanol–water partition coefficient (Wildman–Crippen LogP) is 3.69. The summed E-state index contributed by atoms with van der Waals surface area (Å²) in [6.45, 7) is 8.27. The molecule has 38 heavy (non-hydrogen) atoms. The van der Waals surface area contributed by atoms with Gasteiger partial charge in [0.15, 0.2) is 0 Å². The fourth-order valence-electron chi connectivity index (χ4n) is 5.78. The molecule has 5 rings (SSSR count). The zero-order valence-electron chi connectivity index (χ0n) is 22.8. The van der Waals surface area contributed by atoms with Crippen molar-refractivity contribution < 1.29 is 18.7 Å². The fourth-order valence-corrected chi connectivity index (χ4v) is 5.78. The van der Waals surface area contributed by atoms with Crippen LogP contribution < -0.4 is 4.74 Å². The number of halogens is 1. The summed E-state index contributed by atoms with van der Waals surface area (Å²) >= 11 is 0. The third kappa shape index (κ3) is 5.87. The van der Waals surface area contributed by atoms with Crippen molar-refractivity contribution in [1.82, 2.24) is 19.3 Å². The van der Waals surface area contributed by atoms with Crippen molar-refractivity contribution in [2.24, 2.45) is 7.05 Å². The Morgan fingerprint density at radius 2 is 1.79 bits per heavy atom. The number of hydrogen-bond donors (Lipinski definition) is 0. The average Bonchev–Trinajstić information content (AvgIpc) is 3.24. The van der Waals surface area contributed by atoms with E-state index in [0.717, 1.165) is 45.7 Å². The third-order valence-electron chi connectivity index (χ3n) is 7.92. The smallest absolute Gasteiger partial charge is 0.225 e. The summed E-state index contributed by atoms with van der Waals surface area (Å²) in [6, 6.07) is 12.5. The molecule has 2 fully saturated rings. The number of hydrogen-bond acceptors (Lipinski definition) is 5. The second kappa shape index (κ2) is 11.4. The molecule has 3 heterocycles. The lowest BCUT2D eigenvalue weighted by Crippen LogP contribution is -2.58. The van der Waals surface area contributed by atoms with Crippen molar-refractivity contribution in [3.8, 4) is 5.75 Å². The number of ether oxygens (including phenoxy) is 2. The summed E-state index contributed by atoms with van der Waals surface area (Å²) in [5, 5.41) is 1.28. The first-order valence-electron chi connectivity index (χ1n) is 13.6. The van der Waals surface area contributed by atoms with Crippen molar-refractivity contribution in [3.63, 3.8) is 0 Å². The minimum Gasteiger partial charge on any atom is -0.491 e. The van der Waals surface area contributed by atoms with E-state index in [-0.39, 0.29) is 24.8 Å². The van der Waals surface area contributed by atoms with E-state index in [4.69, 9.17) is 9.47 Å². The first-order valence-corrected chi connectivity index (χ1v) is 13.6. The SMILES string of the molecule is CCc1cccc2c(CN3CCO[C@](COc4ccc(F)cc4)(CC(=O)N4CCN(C)CC4)C3)cn(C)c12. The second-order valence-electron chi connectivity index (χ2n) is 10.8. The molecular formula is C30H39FN4O3. The van der Waals surface area contributed by atoms with Gasteiger partial charge in [0.25, 0.3) is 0 Å². The number of morpholine rings is 1. The minimum absolute atomic E-state index is 0.0976. The highest BCUT2D eigenvalue weighted by atomic mass is 19.1. The molecule has 1 amide bonds. The van der Waals surface area contributed by atoms with Gasteiger partial charge in [0, 0.05) is 64.4 Å². The maximum absolute atomic E-state index is 13.4. The standard InChI is InChI=1S/C30H39FN4O3/c1-4-23-6-5-7-27-24(19-33(3)29(23)27)20-34-16-17-38-30(21-34,22-37-26-10-8-25(31)9-11-26)18-28(36)35-14-12-32(2)13-15-35/h5-11,19H,4,12-18,20-22H2,1-3H3/t30-/m1/s1. The van der Waals surface area contributed by atoms with E-state index < -0.39 is 5.60 Å². The highest BCUT2D eigenvalue weighted by Gasteiger charge is 2.41. The van der Waals surface area contributed by atoms with Crippen LogP contribution in [0.5, 0.6) is 5.75 Å². The number of benzene rings is 2. The Balaban J connectivity index is 1.36. The van der Waals surface area contributed by atoms with Gasteiger partial charge in [-0.2, -0.15) is 0 Å². The topological polar surface area (TPSA) is 50.2 Å². The van der Waals surface area contributed by atoms with Crippen LogP contribution in [0.4, 0.5) is 4.39 Å². The molecule has 3 aromatic rings. The molecule has 2 aromatic carbocycles. The number of aryl methyl sites for hydroxylation is 2. The fraction of sp³-hybridized carbons (Fsp3) is 0.500. The Labute approximate surface area is 224 Å². The van der Waals surface area contributed by atoms with Crippen molar-refractivity contribution >= 4 is 16.8 Å². The van der Waals surface area contributed by atoms with Crippen molar-refractivity contribution in [2.45, 2.75) is 31.9 Å². The minimum atomic E-state index is -0.785. The molecule has 1 atom stereocenters. The summed E-state index contributed by atoms with van der Waals surface area (Å²) in [5.41, 5.74) is 3.12. The van der Waals surface area contributed by atoms with Gasteiger partial charge < -0.3 is 23.8 Å². The third-order valence-corrected chi connectivity index (χ3v) is 7.92. The van der Waals surface area contributed by atoms with E-state index in [0.29, 0.717) is 18.9 Å². The summed E-state index contributed by atoms with van der Waals surface area (Å²) in [6.07, 6.45) is 3.47. The number of likely N-dealkylation sites (N-methyl/N-ethyl adjacent to an activating group) is 1. The molecule has 8 heteroatoms. The maximum Gasteiger partial charge on any atom is 0.225 e. The largest absolute Gasteiger partial charge is 0.491 e. The van der Waals surface area contributed by atoms with E-state index >= 15 is 0 Å². The molecule has 0 saturated carbocycles. The normalized spacial score (nSPS) is 21.2. The van der Waals surface area contributed by atoms with Crippen molar-refractivity contribution in [1.29, 1.82) is 0 Å². The van der Waals surface area contributed by atoms with Crippen molar-refractivity contribution in [2.75, 3.05) is 59.5 Å². The molecular weight excluding hydrogens is 483 g/mol. The number of carbonyl (C=O) groups excluding carboxylic acids is 1. The zero-order chi connectivity index (χ0) is 26.7. The van der Waals surface area contributed by atoms with Crippen LogP contribution in [0.15, 0.2) is 48.7 Å². The lowest BCUT2D eigenvalue weighted by atomic mass is 9.96. The molecule has 0 unspecified atom stereocenters. The van der Waals surface area contributed by atoms with Crippen LogP contribution in [0.25, 0.3) is 10.9 Å². The Morgan fingerprint density at radius 3 is 2.53 bits per heavy atom. The van der Waals surface area contributed by atoms with Crippen LogP contribution in [0.3, 0.4) is 0 Å². The summed E-state index contributed by atoms with van der Waals surface area (Å²) < 4.78 is 28.2. The average molecular weight is 523 g/mol. The van der Waals surface area contributed by atoms with Crippen LogP contribution in [-0.2, 0) is 29.5 Å². The first-order chi connectivity index (χ1) is 18.4. The molecule has 2 aliphatic rings. The van der Waals surface area contributed by atoms with Crippen molar-refractivity contribution in [3.05, 3.63) is 65.6 Å². The lowest BCUT2D eigenvalue weighted by Gasteiger charge is -2.43. The first kappa shape index (κ1) is 26.7. The zero-order valence-corrected chi connectivity index (χ0v) is 22.8. The molecule has 204 valence electrons. The van der Waals surface area contributed by atoms with Crippen LogP contribution in [-0.4, -0.2) is 90.3 Å². The Bertz CT molecular complexity index is 1250. The van der Waals surface area contributed by atoms with Crippen LogP contribution >= 0.6 is 0 Å². The molecule has 0 aliphatic carbocycles. The van der Waals surface area contributed by atoms with Gasteiger partial charge in [-0.05, 0) is 48.9 Å². The van der Waals surface area contributed by atoms with Gasteiger partial charge in [-0.1, -0.05) is 25.1 Å². The monoisotopic (exact) mass is 522 g/mol. The molecule has 0 radical (unpaired) electrons. The van der Waals surface area contributed by atoms with Crippen LogP contribution in [0.1, 0.15) is 24.5 Å². The quantitative estimate of drug-likeness (QED) is 0.452. The van der Waals surface area contributed by atoms with E-state index in [9.17, 15) is 9.18 Å². The van der Waals surface area contributed by atoms with E-state index in [1.165, 1.54) is 34.2 Å². The maximum atomic E-state index is 13.4. The second-order valence-corrected chi connectivity index (χ2v) is 10.8. The number of piperazine rings is 1. The molecule has 2 aliphatic heterocycles. The Morgan fingerprint density at radius 1 is 1.03 bits per heavy atom.